The van der Waals surface area contributed by atoms with Crippen molar-refractivity contribution in [3.63, 3.8) is 0 Å². The molecule has 0 aromatic carbocycles. The average Bonchev–Trinajstić information content (AvgIpc) is 2.83. The van der Waals surface area contributed by atoms with E-state index in [-0.39, 0.29) is 12.2 Å². The first kappa shape index (κ1) is 15.3. The summed E-state index contributed by atoms with van der Waals surface area (Å²) in [5, 5.41) is 2.53. The molecule has 0 bridgehead atoms. The number of hydrogen-bond donors (Lipinski definition) is 1. The molecule has 2 heterocycles. The third-order valence-electron chi connectivity index (χ3n) is 3.27. The first-order valence-electron chi connectivity index (χ1n) is 6.66. The molecule has 0 atom stereocenters. The van der Waals surface area contributed by atoms with E-state index < -0.39 is 18.5 Å². The quantitative estimate of drug-likeness (QED) is 0.901. The maximum absolute atomic E-state index is 12.9. The standard InChI is InChI=1S/C13H17F2N3O3/c1-9-3-4-10(18(9)12(14)15)11(19)16-5-7-17-6-2-8-21-13(17)20/h3-4,12H,2,5-8H2,1H3,(H,16,19). The Labute approximate surface area is 120 Å². The maximum Gasteiger partial charge on any atom is 0.409 e. The molecule has 1 fully saturated rings. The van der Waals surface area contributed by atoms with Crippen molar-refractivity contribution >= 4 is 12.0 Å². The van der Waals surface area contributed by atoms with Crippen molar-refractivity contribution in [3.8, 4) is 0 Å². The minimum Gasteiger partial charge on any atom is -0.449 e. The summed E-state index contributed by atoms with van der Waals surface area (Å²) in [5.74, 6) is -0.589. The van der Waals surface area contributed by atoms with E-state index in [1.807, 2.05) is 0 Å². The van der Waals surface area contributed by atoms with Crippen LogP contribution in [0.2, 0.25) is 0 Å². The fourth-order valence-corrected chi connectivity index (χ4v) is 2.19. The van der Waals surface area contributed by atoms with Gasteiger partial charge in [0.05, 0.1) is 6.61 Å². The molecule has 0 spiro atoms. The van der Waals surface area contributed by atoms with Crippen molar-refractivity contribution in [1.82, 2.24) is 14.8 Å². The van der Waals surface area contributed by atoms with Crippen LogP contribution >= 0.6 is 0 Å². The van der Waals surface area contributed by atoms with Gasteiger partial charge in [0.25, 0.3) is 5.91 Å². The molecular weight excluding hydrogens is 284 g/mol. The zero-order valence-electron chi connectivity index (χ0n) is 11.6. The predicted octanol–water partition coefficient (Wildman–Crippen LogP) is 1.76. The van der Waals surface area contributed by atoms with E-state index in [2.05, 4.69) is 5.32 Å². The van der Waals surface area contributed by atoms with Gasteiger partial charge in [-0.05, 0) is 25.5 Å². The molecule has 21 heavy (non-hydrogen) atoms. The van der Waals surface area contributed by atoms with Gasteiger partial charge in [-0.15, -0.1) is 0 Å². The number of carbonyl (C=O) groups excluding carboxylic acids is 2. The second kappa shape index (κ2) is 6.55. The molecule has 0 radical (unpaired) electrons. The lowest BCUT2D eigenvalue weighted by Crippen LogP contribution is -2.42. The van der Waals surface area contributed by atoms with Crippen molar-refractivity contribution in [1.29, 1.82) is 0 Å². The molecule has 0 aliphatic carbocycles. The van der Waals surface area contributed by atoms with Crippen molar-refractivity contribution in [2.45, 2.75) is 19.9 Å². The molecule has 1 saturated heterocycles. The van der Waals surface area contributed by atoms with Crippen molar-refractivity contribution in [2.75, 3.05) is 26.2 Å². The van der Waals surface area contributed by atoms with Gasteiger partial charge < -0.3 is 15.0 Å². The number of aryl methyl sites for hydroxylation is 1. The van der Waals surface area contributed by atoms with Crippen molar-refractivity contribution in [3.05, 3.63) is 23.5 Å². The smallest absolute Gasteiger partial charge is 0.409 e. The summed E-state index contributed by atoms with van der Waals surface area (Å²) in [7, 11) is 0. The third-order valence-corrected chi connectivity index (χ3v) is 3.27. The molecule has 6 nitrogen and oxygen atoms in total. The molecule has 2 rings (SSSR count). The number of carbonyl (C=O) groups is 2. The van der Waals surface area contributed by atoms with Crippen LogP contribution < -0.4 is 5.32 Å². The number of rotatable bonds is 5. The Bertz CT molecular complexity index is 531. The summed E-state index contributed by atoms with van der Waals surface area (Å²) >= 11 is 0. The van der Waals surface area contributed by atoms with Gasteiger partial charge in [0.1, 0.15) is 5.69 Å². The van der Waals surface area contributed by atoms with Crippen molar-refractivity contribution in [2.24, 2.45) is 0 Å². The second-order valence-corrected chi connectivity index (χ2v) is 4.72. The molecule has 0 saturated carbocycles. The van der Waals surface area contributed by atoms with Gasteiger partial charge in [-0.1, -0.05) is 0 Å². The average molecular weight is 301 g/mol. The van der Waals surface area contributed by atoms with Crippen LogP contribution in [0.5, 0.6) is 0 Å². The number of ether oxygens (including phenoxy) is 1. The minimum absolute atomic E-state index is 0.0938. The van der Waals surface area contributed by atoms with Crippen LogP contribution in [0.3, 0.4) is 0 Å². The van der Waals surface area contributed by atoms with Gasteiger partial charge in [-0.25, -0.2) is 4.79 Å². The van der Waals surface area contributed by atoms with Crippen LogP contribution in [0.25, 0.3) is 0 Å². The summed E-state index contributed by atoms with van der Waals surface area (Å²) < 4.78 is 31.2. The van der Waals surface area contributed by atoms with Gasteiger partial charge in [0.2, 0.25) is 0 Å². The molecule has 8 heteroatoms. The van der Waals surface area contributed by atoms with E-state index in [9.17, 15) is 18.4 Å². The summed E-state index contributed by atoms with van der Waals surface area (Å²) in [5.41, 5.74) is 0.221. The Morgan fingerprint density at radius 3 is 2.90 bits per heavy atom. The summed E-state index contributed by atoms with van der Waals surface area (Å²) in [4.78, 5) is 24.8. The number of amides is 2. The topological polar surface area (TPSA) is 63.6 Å². The number of alkyl halides is 2. The fraction of sp³-hybridized carbons (Fsp3) is 0.538. The molecule has 1 N–H and O–H groups in total. The zero-order chi connectivity index (χ0) is 15.4. The second-order valence-electron chi connectivity index (χ2n) is 4.72. The number of cyclic esters (lactones) is 1. The third kappa shape index (κ3) is 3.50. The molecule has 1 aromatic heterocycles. The van der Waals surface area contributed by atoms with E-state index >= 15 is 0 Å². The maximum atomic E-state index is 12.9. The Balaban J connectivity index is 1.89. The van der Waals surface area contributed by atoms with Crippen LogP contribution in [-0.2, 0) is 4.74 Å². The van der Waals surface area contributed by atoms with E-state index in [0.717, 1.165) is 6.42 Å². The molecule has 2 amide bonds. The van der Waals surface area contributed by atoms with Gasteiger partial charge >= 0.3 is 12.6 Å². The highest BCUT2D eigenvalue weighted by molar-refractivity contribution is 5.93. The highest BCUT2D eigenvalue weighted by Gasteiger charge is 2.21. The fourth-order valence-electron chi connectivity index (χ4n) is 2.19. The monoisotopic (exact) mass is 301 g/mol. The Morgan fingerprint density at radius 1 is 1.48 bits per heavy atom. The highest BCUT2D eigenvalue weighted by atomic mass is 19.3. The lowest BCUT2D eigenvalue weighted by atomic mass is 10.3. The summed E-state index contributed by atoms with van der Waals surface area (Å²) in [6.07, 6.45) is 0.329. The Hall–Kier alpha value is -2.12. The number of hydrogen-bond acceptors (Lipinski definition) is 3. The Kier molecular flexibility index (Phi) is 4.77. The number of aromatic nitrogens is 1. The van der Waals surface area contributed by atoms with Crippen LogP contribution in [0.15, 0.2) is 12.1 Å². The molecular formula is C13H17F2N3O3. The van der Waals surface area contributed by atoms with Crippen LogP contribution in [0.1, 0.15) is 29.2 Å². The van der Waals surface area contributed by atoms with E-state index in [1.165, 1.54) is 24.0 Å². The normalized spacial score (nSPS) is 15.2. The largest absolute Gasteiger partial charge is 0.449 e. The van der Waals surface area contributed by atoms with Gasteiger partial charge in [0.15, 0.2) is 0 Å². The predicted molar refractivity (Wildman–Crippen MR) is 70.3 cm³/mol. The number of nitrogens with zero attached hydrogens (tertiary/aromatic N) is 2. The molecule has 1 aromatic rings. The highest BCUT2D eigenvalue weighted by Crippen LogP contribution is 2.18. The minimum atomic E-state index is -2.77. The molecule has 0 unspecified atom stereocenters. The van der Waals surface area contributed by atoms with E-state index in [1.54, 1.807) is 0 Å². The van der Waals surface area contributed by atoms with Crippen LogP contribution in [0.4, 0.5) is 13.6 Å². The van der Waals surface area contributed by atoms with E-state index in [0.29, 0.717) is 30.0 Å². The lowest BCUT2D eigenvalue weighted by molar-refractivity contribution is 0.0612. The van der Waals surface area contributed by atoms with Gasteiger partial charge in [-0.3, -0.25) is 9.36 Å². The van der Waals surface area contributed by atoms with Crippen LogP contribution in [-0.4, -0.2) is 47.7 Å². The SMILES string of the molecule is Cc1ccc(C(=O)NCCN2CCCOC2=O)n1C(F)F. The first-order chi connectivity index (χ1) is 10.0. The molecule has 1 aliphatic heterocycles. The number of nitrogens with one attached hydrogen (secondary N) is 1. The summed E-state index contributed by atoms with van der Waals surface area (Å²) in [6.45, 7) is 0.190. The van der Waals surface area contributed by atoms with E-state index in [4.69, 9.17) is 4.74 Å². The zero-order valence-corrected chi connectivity index (χ0v) is 11.6. The van der Waals surface area contributed by atoms with Crippen LogP contribution in [0, 0.1) is 6.92 Å². The van der Waals surface area contributed by atoms with Crippen molar-refractivity contribution < 1.29 is 23.1 Å². The summed E-state index contributed by atoms with van der Waals surface area (Å²) in [6, 6.07) is 2.81. The number of halogens is 2. The molecule has 116 valence electrons. The first-order valence-corrected chi connectivity index (χ1v) is 6.66. The van der Waals surface area contributed by atoms with Gasteiger partial charge in [0, 0.05) is 25.3 Å². The molecule has 1 aliphatic rings. The van der Waals surface area contributed by atoms with Gasteiger partial charge in [-0.2, -0.15) is 8.78 Å². The lowest BCUT2D eigenvalue weighted by Gasteiger charge is -2.26. The Morgan fingerprint density at radius 2 is 2.24 bits per heavy atom.